The summed E-state index contributed by atoms with van der Waals surface area (Å²) in [7, 11) is 0. The number of carbonyl (C=O) groups is 1. The number of amides is 1. The van der Waals surface area contributed by atoms with Crippen LogP contribution in [-0.2, 0) is 11.3 Å². The largest absolute Gasteiger partial charge is 0.347 e. The number of rotatable bonds is 5. The van der Waals surface area contributed by atoms with Gasteiger partial charge in [-0.05, 0) is 36.5 Å². The maximum atomic E-state index is 12.3. The van der Waals surface area contributed by atoms with E-state index < -0.39 is 0 Å². The van der Waals surface area contributed by atoms with E-state index in [4.69, 9.17) is 11.6 Å². The maximum absolute atomic E-state index is 12.3. The Morgan fingerprint density at radius 3 is 2.68 bits per heavy atom. The molecule has 1 atom stereocenters. The molecule has 1 fully saturated rings. The van der Waals surface area contributed by atoms with Crippen molar-refractivity contribution < 1.29 is 4.79 Å². The quantitative estimate of drug-likeness (QED) is 0.922. The van der Waals surface area contributed by atoms with Crippen molar-refractivity contribution in [3.63, 3.8) is 0 Å². The Kier molecular flexibility index (Phi) is 4.73. The topological polar surface area (TPSA) is 59.8 Å². The number of aromatic nitrogens is 3. The van der Waals surface area contributed by atoms with Crippen molar-refractivity contribution in [2.45, 2.75) is 38.3 Å². The third kappa shape index (κ3) is 3.65. The summed E-state index contributed by atoms with van der Waals surface area (Å²) in [5.41, 5.74) is 1.11. The van der Waals surface area contributed by atoms with Crippen molar-refractivity contribution in [3.05, 3.63) is 47.5 Å². The predicted octanol–water partition coefficient (Wildman–Crippen LogP) is 2.98. The van der Waals surface area contributed by atoms with Crippen molar-refractivity contribution in [3.8, 4) is 0 Å². The van der Waals surface area contributed by atoms with Crippen LogP contribution >= 0.6 is 11.6 Å². The zero-order valence-electron chi connectivity index (χ0n) is 12.3. The first kappa shape index (κ1) is 15.0. The summed E-state index contributed by atoms with van der Waals surface area (Å²) in [5, 5.41) is 7.85. The van der Waals surface area contributed by atoms with Crippen molar-refractivity contribution in [1.82, 2.24) is 20.1 Å². The highest BCUT2D eigenvalue weighted by Crippen LogP contribution is 2.36. The summed E-state index contributed by atoms with van der Waals surface area (Å²) in [6.07, 6.45) is 7.74. The first-order chi connectivity index (χ1) is 10.7. The van der Waals surface area contributed by atoms with Crippen molar-refractivity contribution >= 4 is 17.5 Å². The third-order valence-electron chi connectivity index (χ3n) is 4.19. The number of nitrogens with one attached hydrogen (secondary N) is 1. The zero-order chi connectivity index (χ0) is 15.4. The molecule has 0 spiro atoms. The second kappa shape index (κ2) is 6.92. The number of benzene rings is 1. The molecule has 3 rings (SSSR count). The molecule has 1 unspecified atom stereocenters. The second-order valence-electron chi connectivity index (χ2n) is 5.73. The molecule has 1 amide bonds. The monoisotopic (exact) mass is 318 g/mol. The van der Waals surface area contributed by atoms with E-state index in [-0.39, 0.29) is 18.5 Å². The lowest BCUT2D eigenvalue weighted by molar-refractivity contribution is -0.123. The molecule has 0 aliphatic heterocycles. The Morgan fingerprint density at radius 2 is 2.05 bits per heavy atom. The Hall–Kier alpha value is -1.88. The van der Waals surface area contributed by atoms with Crippen LogP contribution in [0.25, 0.3) is 0 Å². The molecule has 0 radical (unpaired) electrons. The number of hydrogen-bond donors (Lipinski definition) is 1. The Bertz CT molecular complexity index is 606. The van der Waals surface area contributed by atoms with E-state index in [1.54, 1.807) is 6.33 Å². The molecule has 0 saturated heterocycles. The predicted molar refractivity (Wildman–Crippen MR) is 84.3 cm³/mol. The van der Waals surface area contributed by atoms with Gasteiger partial charge in [-0.2, -0.15) is 5.10 Å². The fraction of sp³-hybridized carbons (Fsp3) is 0.438. The molecule has 1 aliphatic rings. The van der Waals surface area contributed by atoms with Gasteiger partial charge in [-0.1, -0.05) is 36.6 Å². The van der Waals surface area contributed by atoms with Crippen molar-refractivity contribution in [2.75, 3.05) is 0 Å². The van der Waals surface area contributed by atoms with E-state index in [0.717, 1.165) is 18.4 Å². The van der Waals surface area contributed by atoms with Crippen LogP contribution in [0.15, 0.2) is 36.9 Å². The molecule has 1 aromatic carbocycles. The van der Waals surface area contributed by atoms with E-state index in [9.17, 15) is 4.79 Å². The van der Waals surface area contributed by atoms with Crippen LogP contribution in [0.5, 0.6) is 0 Å². The van der Waals surface area contributed by atoms with Gasteiger partial charge in [0.25, 0.3) is 0 Å². The van der Waals surface area contributed by atoms with Gasteiger partial charge in [0.15, 0.2) is 0 Å². The van der Waals surface area contributed by atoms with Crippen LogP contribution in [-0.4, -0.2) is 20.7 Å². The van der Waals surface area contributed by atoms with Gasteiger partial charge in [-0.25, -0.2) is 9.67 Å². The van der Waals surface area contributed by atoms with Gasteiger partial charge in [0.1, 0.15) is 19.2 Å². The molecule has 2 aromatic rings. The molecule has 1 aliphatic carbocycles. The smallest absolute Gasteiger partial charge is 0.242 e. The lowest BCUT2D eigenvalue weighted by Crippen LogP contribution is -2.35. The van der Waals surface area contributed by atoms with Crippen LogP contribution < -0.4 is 5.32 Å². The molecule has 1 saturated carbocycles. The second-order valence-corrected chi connectivity index (χ2v) is 6.17. The van der Waals surface area contributed by atoms with Crippen LogP contribution in [0.2, 0.25) is 5.02 Å². The molecular weight excluding hydrogens is 300 g/mol. The van der Waals surface area contributed by atoms with Gasteiger partial charge >= 0.3 is 0 Å². The minimum absolute atomic E-state index is 0.0378. The van der Waals surface area contributed by atoms with Gasteiger partial charge in [0.05, 0.1) is 6.04 Å². The van der Waals surface area contributed by atoms with Crippen LogP contribution in [0.3, 0.4) is 0 Å². The molecule has 1 N–H and O–H groups in total. The highest BCUT2D eigenvalue weighted by molar-refractivity contribution is 6.30. The standard InChI is InChI=1S/C16H19ClN4O/c17-14-7-5-13(6-8-14)16(12-3-1-2-4-12)20-15(22)9-21-11-18-10-19-21/h5-8,10-12,16H,1-4,9H2,(H,20,22). The summed E-state index contributed by atoms with van der Waals surface area (Å²) >= 11 is 5.97. The van der Waals surface area contributed by atoms with Gasteiger partial charge < -0.3 is 5.32 Å². The molecule has 0 bridgehead atoms. The molecule has 5 nitrogen and oxygen atoms in total. The van der Waals surface area contributed by atoms with E-state index in [0.29, 0.717) is 10.9 Å². The number of hydrogen-bond acceptors (Lipinski definition) is 3. The Labute approximate surface area is 134 Å². The first-order valence-electron chi connectivity index (χ1n) is 7.59. The fourth-order valence-electron chi connectivity index (χ4n) is 3.11. The number of carbonyl (C=O) groups excluding carboxylic acids is 1. The highest BCUT2D eigenvalue weighted by Gasteiger charge is 2.27. The molecular formula is C16H19ClN4O. The van der Waals surface area contributed by atoms with Crippen molar-refractivity contribution in [1.29, 1.82) is 0 Å². The first-order valence-corrected chi connectivity index (χ1v) is 7.97. The normalized spacial score (nSPS) is 16.6. The van der Waals surface area contributed by atoms with Crippen LogP contribution in [0, 0.1) is 5.92 Å². The Balaban J connectivity index is 1.73. The van der Waals surface area contributed by atoms with Gasteiger partial charge in [0.2, 0.25) is 5.91 Å². The molecule has 116 valence electrons. The summed E-state index contributed by atoms with van der Waals surface area (Å²) in [5.74, 6) is 0.443. The summed E-state index contributed by atoms with van der Waals surface area (Å²) in [6, 6.07) is 7.79. The van der Waals surface area contributed by atoms with Crippen molar-refractivity contribution in [2.24, 2.45) is 5.92 Å². The van der Waals surface area contributed by atoms with Gasteiger partial charge in [0, 0.05) is 5.02 Å². The molecule has 1 aromatic heterocycles. The number of nitrogens with zero attached hydrogens (tertiary/aromatic N) is 3. The van der Waals surface area contributed by atoms with Crippen LogP contribution in [0.1, 0.15) is 37.3 Å². The molecule has 1 heterocycles. The SMILES string of the molecule is O=C(Cn1cncn1)NC(c1ccc(Cl)cc1)C1CCCC1. The van der Waals surface area contributed by atoms with E-state index in [1.807, 2.05) is 24.3 Å². The van der Waals surface area contributed by atoms with E-state index in [2.05, 4.69) is 15.4 Å². The maximum Gasteiger partial charge on any atom is 0.242 e. The average molecular weight is 319 g/mol. The van der Waals surface area contributed by atoms with Crippen LogP contribution in [0.4, 0.5) is 0 Å². The van der Waals surface area contributed by atoms with Gasteiger partial charge in [-0.15, -0.1) is 0 Å². The molecule has 22 heavy (non-hydrogen) atoms. The Morgan fingerprint density at radius 1 is 1.32 bits per heavy atom. The fourth-order valence-corrected chi connectivity index (χ4v) is 3.24. The summed E-state index contributed by atoms with van der Waals surface area (Å²) in [4.78, 5) is 16.1. The lowest BCUT2D eigenvalue weighted by atomic mass is 9.91. The zero-order valence-corrected chi connectivity index (χ0v) is 13.0. The summed E-state index contributed by atoms with van der Waals surface area (Å²) in [6.45, 7) is 0.191. The third-order valence-corrected chi connectivity index (χ3v) is 4.44. The minimum atomic E-state index is -0.0441. The van der Waals surface area contributed by atoms with E-state index >= 15 is 0 Å². The average Bonchev–Trinajstić information content (AvgIpc) is 3.19. The summed E-state index contributed by atoms with van der Waals surface area (Å²) < 4.78 is 1.53. The highest BCUT2D eigenvalue weighted by atomic mass is 35.5. The van der Waals surface area contributed by atoms with E-state index in [1.165, 1.54) is 23.9 Å². The lowest BCUT2D eigenvalue weighted by Gasteiger charge is -2.25. The van der Waals surface area contributed by atoms with Gasteiger partial charge in [-0.3, -0.25) is 4.79 Å². The number of halogens is 1. The molecule has 6 heteroatoms. The minimum Gasteiger partial charge on any atom is -0.347 e.